The van der Waals surface area contributed by atoms with Crippen LogP contribution in [0.4, 0.5) is 0 Å². The second kappa shape index (κ2) is 9.82. The average Bonchev–Trinajstić information content (AvgIpc) is 2.86. The number of ether oxygens (including phenoxy) is 1. The van der Waals surface area contributed by atoms with E-state index in [2.05, 4.69) is 0 Å². The van der Waals surface area contributed by atoms with Gasteiger partial charge in [-0.25, -0.2) is 0 Å². The van der Waals surface area contributed by atoms with E-state index in [4.69, 9.17) is 32.1 Å². The van der Waals surface area contributed by atoms with Crippen molar-refractivity contribution in [2.45, 2.75) is 49.3 Å². The fraction of sp³-hybridized carbons (Fsp3) is 0.333. The predicted molar refractivity (Wildman–Crippen MR) is 140 cm³/mol. The van der Waals surface area contributed by atoms with E-state index < -0.39 is 16.0 Å². The van der Waals surface area contributed by atoms with E-state index in [1.807, 2.05) is 11.9 Å². The van der Waals surface area contributed by atoms with Crippen LogP contribution < -0.4 is 8.92 Å². The Morgan fingerprint density at radius 3 is 2.00 bits per heavy atom. The summed E-state index contributed by atoms with van der Waals surface area (Å²) >= 11 is 12.5. The maximum Gasteiger partial charge on any atom is 0.339 e. The largest absolute Gasteiger partial charge is 0.493 e. The molecular weight excluding hydrogens is 537 g/mol. The van der Waals surface area contributed by atoms with Crippen molar-refractivity contribution in [2.75, 3.05) is 14.2 Å². The van der Waals surface area contributed by atoms with Gasteiger partial charge in [0.2, 0.25) is 5.75 Å². The molecule has 0 spiro atoms. The lowest BCUT2D eigenvalue weighted by molar-refractivity contribution is -0.117. The van der Waals surface area contributed by atoms with Gasteiger partial charge < -0.3 is 13.8 Å². The van der Waals surface area contributed by atoms with Gasteiger partial charge in [-0.15, -0.1) is 0 Å². The van der Waals surface area contributed by atoms with Crippen LogP contribution in [0.2, 0.25) is 10.0 Å². The fourth-order valence-corrected chi connectivity index (χ4v) is 6.82. The third kappa shape index (κ3) is 4.56. The van der Waals surface area contributed by atoms with Crippen LogP contribution in [0.1, 0.15) is 50.0 Å². The van der Waals surface area contributed by atoms with Crippen molar-refractivity contribution < 1.29 is 26.9 Å². The lowest BCUT2D eigenvalue weighted by Crippen LogP contribution is -2.37. The number of rotatable bonds is 5. The molecule has 0 bridgehead atoms. The number of allylic oxidation sites excluding steroid dienone is 4. The molecule has 0 N–H and O–H groups in total. The molecule has 1 aliphatic heterocycles. The summed E-state index contributed by atoms with van der Waals surface area (Å²) in [5.41, 5.74) is 3.63. The molecule has 37 heavy (non-hydrogen) atoms. The van der Waals surface area contributed by atoms with Gasteiger partial charge >= 0.3 is 10.1 Å². The van der Waals surface area contributed by atoms with Crippen molar-refractivity contribution in [1.29, 1.82) is 0 Å². The van der Waals surface area contributed by atoms with E-state index in [0.717, 1.165) is 37.1 Å². The SMILES string of the molecule is COc1cc(C2C3=C(CCCC3=O)N(C)C3=C2C(=O)CCC3)cc(Cl)c1OS(=O)(=O)c1ccc(Cl)cc1. The Bertz CT molecular complexity index is 1430. The van der Waals surface area contributed by atoms with Crippen LogP contribution in [0.3, 0.4) is 0 Å². The zero-order chi connectivity index (χ0) is 26.5. The van der Waals surface area contributed by atoms with Crippen LogP contribution in [-0.2, 0) is 19.7 Å². The number of ketones is 2. The van der Waals surface area contributed by atoms with E-state index in [1.54, 1.807) is 12.1 Å². The first-order valence-corrected chi connectivity index (χ1v) is 14.1. The van der Waals surface area contributed by atoms with Crippen molar-refractivity contribution in [2.24, 2.45) is 0 Å². The summed E-state index contributed by atoms with van der Waals surface area (Å²) in [6, 6.07) is 8.71. The van der Waals surface area contributed by atoms with Crippen LogP contribution >= 0.6 is 23.2 Å². The molecule has 1 heterocycles. The maximum absolute atomic E-state index is 13.2. The van der Waals surface area contributed by atoms with Crippen LogP contribution in [0.5, 0.6) is 11.5 Å². The van der Waals surface area contributed by atoms with Gasteiger partial charge in [-0.05, 0) is 67.6 Å². The summed E-state index contributed by atoms with van der Waals surface area (Å²) in [7, 11) is -0.948. The highest BCUT2D eigenvalue weighted by atomic mass is 35.5. The molecule has 0 saturated carbocycles. The molecule has 0 fully saturated rings. The molecule has 0 atom stereocenters. The molecule has 0 aromatic heterocycles. The van der Waals surface area contributed by atoms with E-state index in [-0.39, 0.29) is 33.0 Å². The number of hydrogen-bond acceptors (Lipinski definition) is 7. The minimum absolute atomic E-state index is 0.00348. The van der Waals surface area contributed by atoms with Gasteiger partial charge in [-0.3, -0.25) is 9.59 Å². The summed E-state index contributed by atoms with van der Waals surface area (Å²) in [6.07, 6.45) is 3.81. The molecule has 0 saturated heterocycles. The molecule has 5 rings (SSSR count). The van der Waals surface area contributed by atoms with Gasteiger partial charge in [0.15, 0.2) is 17.3 Å². The van der Waals surface area contributed by atoms with Gasteiger partial charge in [0, 0.05) is 53.4 Å². The number of benzene rings is 2. The third-order valence-corrected chi connectivity index (χ3v) is 8.89. The number of nitrogens with zero attached hydrogens (tertiary/aromatic N) is 1. The average molecular weight is 562 g/mol. The minimum Gasteiger partial charge on any atom is -0.493 e. The number of hydrogen-bond donors (Lipinski definition) is 0. The van der Waals surface area contributed by atoms with Gasteiger partial charge in [-0.2, -0.15) is 8.42 Å². The van der Waals surface area contributed by atoms with Crippen molar-refractivity contribution in [3.05, 3.63) is 74.5 Å². The quantitative estimate of drug-likeness (QED) is 0.425. The van der Waals surface area contributed by atoms with Crippen molar-refractivity contribution >= 4 is 44.9 Å². The summed E-state index contributed by atoms with van der Waals surface area (Å²) in [6.45, 7) is 0. The topological polar surface area (TPSA) is 90.0 Å². The smallest absolute Gasteiger partial charge is 0.339 e. The first kappa shape index (κ1) is 25.8. The summed E-state index contributed by atoms with van der Waals surface area (Å²) in [5.74, 6) is -0.693. The van der Waals surface area contributed by atoms with Crippen molar-refractivity contribution in [1.82, 2.24) is 4.90 Å². The highest BCUT2D eigenvalue weighted by molar-refractivity contribution is 7.87. The number of carbonyl (C=O) groups excluding carboxylic acids is 2. The van der Waals surface area contributed by atoms with Crippen LogP contribution in [0.15, 0.2) is 63.8 Å². The van der Waals surface area contributed by atoms with Crippen LogP contribution in [0.25, 0.3) is 0 Å². The van der Waals surface area contributed by atoms with Crippen LogP contribution in [0, 0.1) is 0 Å². The highest BCUT2D eigenvalue weighted by Crippen LogP contribution is 2.50. The molecule has 2 aromatic rings. The normalized spacial score (nSPS) is 18.6. The van der Waals surface area contributed by atoms with Gasteiger partial charge in [-0.1, -0.05) is 23.2 Å². The first-order valence-electron chi connectivity index (χ1n) is 12.0. The third-order valence-electron chi connectivity index (χ3n) is 7.13. The Hall–Kier alpha value is -2.81. The van der Waals surface area contributed by atoms with Crippen molar-refractivity contribution in [3.63, 3.8) is 0 Å². The minimum atomic E-state index is -4.24. The Morgan fingerprint density at radius 2 is 1.46 bits per heavy atom. The number of methoxy groups -OCH3 is 1. The molecule has 2 aromatic carbocycles. The molecule has 10 heteroatoms. The van der Waals surface area contributed by atoms with Gasteiger partial charge in [0.25, 0.3) is 0 Å². The molecule has 2 aliphatic carbocycles. The first-order chi connectivity index (χ1) is 17.6. The molecule has 0 unspecified atom stereocenters. The summed E-state index contributed by atoms with van der Waals surface area (Å²) in [4.78, 5) is 28.4. The zero-order valence-corrected chi connectivity index (χ0v) is 22.7. The second-order valence-electron chi connectivity index (χ2n) is 9.29. The second-order valence-corrected chi connectivity index (χ2v) is 11.7. The molecule has 7 nitrogen and oxygen atoms in total. The molecule has 0 amide bonds. The number of Topliss-reactive ketones (excluding diaryl/α,β-unsaturated/α-hetero) is 2. The standard InChI is InChI=1S/C27H25Cl2NO6S/c1-30-19-5-3-7-21(31)25(19)24(26-20(30)6-4-8-22(26)32)15-13-18(29)27(23(14-15)35-2)36-37(33,34)17-11-9-16(28)10-12-17/h9-14,24H,3-8H2,1-2H3. The Balaban J connectivity index is 1.63. The van der Waals surface area contributed by atoms with Gasteiger partial charge in [0.05, 0.1) is 12.1 Å². The van der Waals surface area contributed by atoms with Gasteiger partial charge in [0.1, 0.15) is 4.90 Å². The monoisotopic (exact) mass is 561 g/mol. The van der Waals surface area contributed by atoms with E-state index in [9.17, 15) is 18.0 Å². The van der Waals surface area contributed by atoms with E-state index in [0.29, 0.717) is 34.6 Å². The van der Waals surface area contributed by atoms with E-state index >= 15 is 0 Å². The fourth-order valence-electron chi connectivity index (χ4n) is 5.43. The Morgan fingerprint density at radius 1 is 0.892 bits per heavy atom. The predicted octanol–water partition coefficient (Wildman–Crippen LogP) is 5.81. The number of halogens is 2. The maximum atomic E-state index is 13.2. The number of carbonyl (C=O) groups is 2. The molecule has 3 aliphatic rings. The molecular formula is C27H25Cl2NO6S. The lowest BCUT2D eigenvalue weighted by Gasteiger charge is -2.42. The Kier molecular flexibility index (Phi) is 6.85. The molecule has 194 valence electrons. The highest BCUT2D eigenvalue weighted by Gasteiger charge is 2.42. The summed E-state index contributed by atoms with van der Waals surface area (Å²) in [5, 5.41) is 0.371. The molecule has 0 radical (unpaired) electrons. The summed E-state index contributed by atoms with van der Waals surface area (Å²) < 4.78 is 36.8. The zero-order valence-electron chi connectivity index (χ0n) is 20.3. The lowest BCUT2D eigenvalue weighted by atomic mass is 9.71. The van der Waals surface area contributed by atoms with Crippen molar-refractivity contribution in [3.8, 4) is 11.5 Å². The van der Waals surface area contributed by atoms with Crippen LogP contribution in [-0.4, -0.2) is 39.0 Å². The van der Waals surface area contributed by atoms with E-state index in [1.165, 1.54) is 31.4 Å². The Labute approximate surface area is 225 Å².